The van der Waals surface area contributed by atoms with Gasteiger partial charge in [-0.05, 0) is 35.6 Å². The molecule has 2 nitrogen and oxygen atoms in total. The van der Waals surface area contributed by atoms with Gasteiger partial charge in [0.2, 0.25) is 0 Å². The second-order valence-corrected chi connectivity index (χ2v) is 5.37. The van der Waals surface area contributed by atoms with E-state index in [2.05, 4.69) is 0 Å². The maximum Gasteiger partial charge on any atom is 0.255 e. The third-order valence-corrected chi connectivity index (χ3v) is 4.16. The standard InChI is InChI=1S/C14H13NOS/c16-14(10-12-5-3-9-17-12)15-8-7-11-4-1-2-6-13(11)15/h1-2,4,6-8,10H,3,5,9H2/b12-10-. The molecule has 1 aliphatic heterocycles. The maximum atomic E-state index is 12.1. The summed E-state index contributed by atoms with van der Waals surface area (Å²) in [6, 6.07) is 9.93. The van der Waals surface area contributed by atoms with E-state index in [-0.39, 0.29) is 5.91 Å². The van der Waals surface area contributed by atoms with Gasteiger partial charge in [-0.3, -0.25) is 9.36 Å². The van der Waals surface area contributed by atoms with Gasteiger partial charge in [0.1, 0.15) is 0 Å². The Morgan fingerprint density at radius 3 is 3.00 bits per heavy atom. The summed E-state index contributed by atoms with van der Waals surface area (Å²) < 4.78 is 1.72. The van der Waals surface area contributed by atoms with Crippen LogP contribution in [-0.4, -0.2) is 16.2 Å². The molecule has 0 unspecified atom stereocenters. The summed E-state index contributed by atoms with van der Waals surface area (Å²) >= 11 is 1.80. The third kappa shape index (κ3) is 2.03. The van der Waals surface area contributed by atoms with E-state index in [1.165, 1.54) is 11.3 Å². The fourth-order valence-electron chi connectivity index (χ4n) is 2.12. The first-order valence-corrected chi connectivity index (χ1v) is 6.77. The molecule has 1 saturated heterocycles. The number of fused-ring (bicyclic) bond motifs is 1. The molecule has 2 aromatic rings. The lowest BCUT2D eigenvalue weighted by molar-refractivity contribution is 0.0973. The molecule has 0 amide bonds. The number of benzene rings is 1. The molecule has 0 saturated carbocycles. The van der Waals surface area contributed by atoms with Crippen LogP contribution in [-0.2, 0) is 0 Å². The predicted molar refractivity (Wildman–Crippen MR) is 72.3 cm³/mol. The van der Waals surface area contributed by atoms with E-state index < -0.39 is 0 Å². The molecular formula is C14H13NOS. The number of hydrogen-bond donors (Lipinski definition) is 0. The highest BCUT2D eigenvalue weighted by Crippen LogP contribution is 2.30. The van der Waals surface area contributed by atoms with Crippen LogP contribution in [0, 0.1) is 0 Å². The third-order valence-electron chi connectivity index (χ3n) is 2.98. The van der Waals surface area contributed by atoms with Gasteiger partial charge in [-0.25, -0.2) is 0 Å². The Labute approximate surface area is 104 Å². The topological polar surface area (TPSA) is 22.0 Å². The van der Waals surface area contributed by atoms with E-state index >= 15 is 0 Å². The Morgan fingerprint density at radius 2 is 2.18 bits per heavy atom. The molecule has 0 radical (unpaired) electrons. The summed E-state index contributed by atoms with van der Waals surface area (Å²) in [6.07, 6.45) is 5.87. The minimum Gasteiger partial charge on any atom is -0.284 e. The molecular weight excluding hydrogens is 230 g/mol. The van der Waals surface area contributed by atoms with E-state index in [1.54, 1.807) is 22.4 Å². The second-order valence-electron chi connectivity index (χ2n) is 4.15. The highest BCUT2D eigenvalue weighted by molar-refractivity contribution is 8.03. The van der Waals surface area contributed by atoms with E-state index in [9.17, 15) is 4.79 Å². The van der Waals surface area contributed by atoms with Gasteiger partial charge in [-0.15, -0.1) is 11.8 Å². The number of rotatable bonds is 1. The Kier molecular flexibility index (Phi) is 2.77. The average Bonchev–Trinajstić information content (AvgIpc) is 2.96. The van der Waals surface area contributed by atoms with E-state index in [1.807, 2.05) is 36.5 Å². The van der Waals surface area contributed by atoms with Crippen LogP contribution in [0.1, 0.15) is 17.6 Å². The molecule has 2 heterocycles. The van der Waals surface area contributed by atoms with Crippen molar-refractivity contribution in [1.29, 1.82) is 0 Å². The van der Waals surface area contributed by atoms with Crippen molar-refractivity contribution < 1.29 is 4.79 Å². The number of nitrogens with zero attached hydrogens (tertiary/aromatic N) is 1. The minimum absolute atomic E-state index is 0.0654. The lowest BCUT2D eigenvalue weighted by Crippen LogP contribution is -2.05. The lowest BCUT2D eigenvalue weighted by Gasteiger charge is -2.01. The van der Waals surface area contributed by atoms with Crippen LogP contribution in [0.25, 0.3) is 10.9 Å². The van der Waals surface area contributed by atoms with Crippen LogP contribution in [0.3, 0.4) is 0 Å². The van der Waals surface area contributed by atoms with Gasteiger partial charge in [0.05, 0.1) is 5.52 Å². The van der Waals surface area contributed by atoms with Crippen LogP contribution >= 0.6 is 11.8 Å². The normalized spacial score (nSPS) is 18.0. The molecule has 3 heteroatoms. The van der Waals surface area contributed by atoms with Gasteiger partial charge < -0.3 is 0 Å². The van der Waals surface area contributed by atoms with Crippen molar-refractivity contribution in [2.45, 2.75) is 12.8 Å². The number of para-hydroxylation sites is 1. The number of carbonyl (C=O) groups excluding carboxylic acids is 1. The molecule has 1 aromatic heterocycles. The lowest BCUT2D eigenvalue weighted by atomic mass is 10.2. The van der Waals surface area contributed by atoms with Crippen molar-refractivity contribution >= 4 is 28.6 Å². The zero-order valence-electron chi connectivity index (χ0n) is 9.43. The first-order valence-electron chi connectivity index (χ1n) is 5.78. The maximum absolute atomic E-state index is 12.1. The fraction of sp³-hybridized carbons (Fsp3) is 0.214. The Hall–Kier alpha value is -1.48. The van der Waals surface area contributed by atoms with Crippen molar-refractivity contribution in [3.05, 3.63) is 47.5 Å². The van der Waals surface area contributed by atoms with Gasteiger partial charge in [0, 0.05) is 17.7 Å². The first-order chi connectivity index (χ1) is 8.34. The van der Waals surface area contributed by atoms with Crippen molar-refractivity contribution in [1.82, 2.24) is 4.57 Å². The van der Waals surface area contributed by atoms with Gasteiger partial charge in [0.25, 0.3) is 5.91 Å². The largest absolute Gasteiger partial charge is 0.284 e. The predicted octanol–water partition coefficient (Wildman–Crippen LogP) is 3.69. The Bertz CT molecular complexity index is 589. The summed E-state index contributed by atoms with van der Waals surface area (Å²) in [5.41, 5.74) is 0.984. The van der Waals surface area contributed by atoms with Crippen molar-refractivity contribution in [3.63, 3.8) is 0 Å². The molecule has 1 aromatic carbocycles. The van der Waals surface area contributed by atoms with Crippen molar-refractivity contribution in [2.24, 2.45) is 0 Å². The van der Waals surface area contributed by atoms with Crippen LogP contribution in [0.2, 0.25) is 0 Å². The van der Waals surface area contributed by atoms with E-state index in [4.69, 9.17) is 0 Å². The number of allylic oxidation sites excluding steroid dienone is 2. The number of thioether (sulfide) groups is 1. The zero-order valence-corrected chi connectivity index (χ0v) is 10.2. The highest BCUT2D eigenvalue weighted by Gasteiger charge is 2.11. The smallest absolute Gasteiger partial charge is 0.255 e. The highest BCUT2D eigenvalue weighted by atomic mass is 32.2. The number of hydrogen-bond acceptors (Lipinski definition) is 2. The van der Waals surface area contributed by atoms with Crippen LogP contribution in [0.5, 0.6) is 0 Å². The summed E-state index contributed by atoms with van der Waals surface area (Å²) in [5.74, 6) is 1.21. The molecule has 3 rings (SSSR count). The van der Waals surface area contributed by atoms with Gasteiger partial charge in [0.15, 0.2) is 0 Å². The van der Waals surface area contributed by atoms with E-state index in [0.717, 1.165) is 23.1 Å². The molecule has 1 aliphatic rings. The summed E-state index contributed by atoms with van der Waals surface area (Å²) in [5, 5.41) is 1.11. The number of aromatic nitrogens is 1. The molecule has 0 atom stereocenters. The SMILES string of the molecule is O=C(/C=C1/CCCS1)n1ccc2ccccc21. The zero-order chi connectivity index (χ0) is 11.7. The van der Waals surface area contributed by atoms with Gasteiger partial charge in [-0.2, -0.15) is 0 Å². The van der Waals surface area contributed by atoms with Crippen molar-refractivity contribution in [2.75, 3.05) is 5.75 Å². The fourth-order valence-corrected chi connectivity index (χ4v) is 3.14. The summed E-state index contributed by atoms with van der Waals surface area (Å²) in [7, 11) is 0. The first kappa shape index (κ1) is 10.7. The quantitative estimate of drug-likeness (QED) is 0.712. The molecule has 0 spiro atoms. The second kappa shape index (κ2) is 4.41. The van der Waals surface area contributed by atoms with Crippen LogP contribution < -0.4 is 0 Å². The Morgan fingerprint density at radius 1 is 1.29 bits per heavy atom. The van der Waals surface area contributed by atoms with Crippen LogP contribution in [0.15, 0.2) is 47.5 Å². The average molecular weight is 243 g/mol. The molecule has 0 N–H and O–H groups in total. The summed E-state index contributed by atoms with van der Waals surface area (Å²) in [6.45, 7) is 0. The minimum atomic E-state index is 0.0654. The molecule has 86 valence electrons. The molecule has 0 aliphatic carbocycles. The van der Waals surface area contributed by atoms with E-state index in [0.29, 0.717) is 0 Å². The Balaban J connectivity index is 1.98. The molecule has 17 heavy (non-hydrogen) atoms. The summed E-state index contributed by atoms with van der Waals surface area (Å²) in [4.78, 5) is 13.4. The monoisotopic (exact) mass is 243 g/mol. The van der Waals surface area contributed by atoms with Crippen LogP contribution in [0.4, 0.5) is 0 Å². The molecule has 1 fully saturated rings. The van der Waals surface area contributed by atoms with Crippen molar-refractivity contribution in [3.8, 4) is 0 Å². The number of carbonyl (C=O) groups is 1. The van der Waals surface area contributed by atoms with Gasteiger partial charge in [-0.1, -0.05) is 18.2 Å². The van der Waals surface area contributed by atoms with Gasteiger partial charge >= 0.3 is 0 Å². The molecule has 0 bridgehead atoms.